The number of aryl methyl sites for hydroxylation is 2. The van der Waals surface area contributed by atoms with Gasteiger partial charge < -0.3 is 15.4 Å². The van der Waals surface area contributed by atoms with Crippen LogP contribution in [0.5, 0.6) is 5.88 Å². The van der Waals surface area contributed by atoms with E-state index in [0.29, 0.717) is 18.5 Å². The fraction of sp³-hybridized carbons (Fsp3) is 0.619. The van der Waals surface area contributed by atoms with Crippen molar-refractivity contribution in [2.24, 2.45) is 10.9 Å². The molecule has 4 rings (SSSR count). The van der Waals surface area contributed by atoms with Crippen molar-refractivity contribution in [3.63, 3.8) is 0 Å². The summed E-state index contributed by atoms with van der Waals surface area (Å²) in [5.41, 5.74) is 1.10. The van der Waals surface area contributed by atoms with Gasteiger partial charge in [0.15, 0.2) is 11.8 Å². The molecule has 2 aromatic rings. The van der Waals surface area contributed by atoms with Crippen molar-refractivity contribution in [3.8, 4) is 5.88 Å². The molecule has 2 aliphatic rings. The summed E-state index contributed by atoms with van der Waals surface area (Å²) in [6.07, 6.45) is 7.20. The van der Waals surface area contributed by atoms with Gasteiger partial charge in [0, 0.05) is 37.7 Å². The van der Waals surface area contributed by atoms with Crippen molar-refractivity contribution in [1.82, 2.24) is 30.4 Å². The quantitative estimate of drug-likeness (QED) is 0.313. The minimum atomic E-state index is 0. The monoisotopic (exact) mass is 525 g/mol. The second-order valence-electron chi connectivity index (χ2n) is 7.81. The van der Waals surface area contributed by atoms with Gasteiger partial charge in [-0.15, -0.1) is 24.0 Å². The van der Waals surface area contributed by atoms with Crippen LogP contribution in [0.1, 0.15) is 50.3 Å². The smallest absolute Gasteiger partial charge is 0.213 e. The van der Waals surface area contributed by atoms with Gasteiger partial charge in [-0.3, -0.25) is 0 Å². The Hall–Kier alpha value is -1.91. The number of hydrogen-bond donors (Lipinski definition) is 2. The summed E-state index contributed by atoms with van der Waals surface area (Å²) in [5.74, 6) is 4.27. The van der Waals surface area contributed by atoms with Gasteiger partial charge in [-0.2, -0.15) is 5.10 Å². The maximum atomic E-state index is 5.78. The first kappa shape index (κ1) is 22.8. The maximum absolute atomic E-state index is 5.78. The van der Waals surface area contributed by atoms with Gasteiger partial charge in [-0.1, -0.05) is 6.92 Å². The molecule has 1 atom stereocenters. The Balaban J connectivity index is 0.00000256. The number of halogens is 1. The normalized spacial score (nSPS) is 18.3. The summed E-state index contributed by atoms with van der Waals surface area (Å²) in [6, 6.07) is 4.27. The molecule has 30 heavy (non-hydrogen) atoms. The van der Waals surface area contributed by atoms with E-state index in [1.807, 2.05) is 16.8 Å². The first-order valence-corrected chi connectivity index (χ1v) is 10.8. The second kappa shape index (κ2) is 10.9. The van der Waals surface area contributed by atoms with Crippen molar-refractivity contribution in [2.75, 3.05) is 13.2 Å². The van der Waals surface area contributed by atoms with Crippen molar-refractivity contribution >= 4 is 29.9 Å². The molecule has 0 amide bonds. The highest BCUT2D eigenvalue weighted by atomic mass is 127. The maximum Gasteiger partial charge on any atom is 0.213 e. The topological polar surface area (TPSA) is 89.2 Å². The number of aliphatic imine (C=N–C) groups is 1. The number of nitrogens with one attached hydrogen (secondary N) is 2. The fourth-order valence-corrected chi connectivity index (χ4v) is 3.43. The number of pyridine rings is 1. The minimum Gasteiger partial charge on any atom is -0.477 e. The third-order valence-corrected chi connectivity index (χ3v) is 5.29. The van der Waals surface area contributed by atoms with Gasteiger partial charge in [0.05, 0.1) is 19.7 Å². The molecular formula is C21H32IN7O. The number of ether oxygens (including phenoxy) is 1. The highest BCUT2D eigenvalue weighted by Gasteiger charge is 2.23. The Kier molecular flexibility index (Phi) is 8.29. The van der Waals surface area contributed by atoms with E-state index in [9.17, 15) is 0 Å². The van der Waals surface area contributed by atoms with Crippen LogP contribution in [0.4, 0.5) is 0 Å². The zero-order valence-corrected chi connectivity index (χ0v) is 20.1. The molecule has 1 saturated carbocycles. The molecule has 9 heteroatoms. The lowest BCUT2D eigenvalue weighted by atomic mass is 10.1. The molecule has 1 unspecified atom stereocenters. The summed E-state index contributed by atoms with van der Waals surface area (Å²) < 4.78 is 7.82. The van der Waals surface area contributed by atoms with Crippen molar-refractivity contribution < 1.29 is 4.74 Å². The molecule has 1 fully saturated rings. The summed E-state index contributed by atoms with van der Waals surface area (Å²) in [4.78, 5) is 13.7. The van der Waals surface area contributed by atoms with Gasteiger partial charge in [-0.25, -0.2) is 19.6 Å². The van der Waals surface area contributed by atoms with Crippen LogP contribution < -0.4 is 15.4 Å². The Labute approximate surface area is 195 Å². The highest BCUT2D eigenvalue weighted by molar-refractivity contribution is 14.0. The largest absolute Gasteiger partial charge is 0.477 e. The number of aromatic nitrogens is 4. The number of fused-ring (bicyclic) bond motifs is 1. The molecule has 0 spiro atoms. The van der Waals surface area contributed by atoms with E-state index in [1.165, 1.54) is 12.8 Å². The fourth-order valence-electron chi connectivity index (χ4n) is 3.43. The van der Waals surface area contributed by atoms with Crippen LogP contribution >= 0.6 is 24.0 Å². The van der Waals surface area contributed by atoms with Gasteiger partial charge in [0.25, 0.3) is 0 Å². The Bertz CT molecular complexity index is 850. The van der Waals surface area contributed by atoms with Crippen LogP contribution in [0, 0.1) is 5.92 Å². The van der Waals surface area contributed by atoms with E-state index < -0.39 is 0 Å². The molecule has 3 heterocycles. The Morgan fingerprint density at radius 3 is 2.93 bits per heavy atom. The van der Waals surface area contributed by atoms with Gasteiger partial charge in [0.2, 0.25) is 5.88 Å². The molecule has 2 N–H and O–H groups in total. The van der Waals surface area contributed by atoms with Crippen molar-refractivity contribution in [1.29, 1.82) is 0 Å². The molecule has 0 saturated heterocycles. The lowest BCUT2D eigenvalue weighted by molar-refractivity contribution is 0.288. The molecule has 2 aromatic heterocycles. The van der Waals surface area contributed by atoms with E-state index in [4.69, 9.17) is 9.73 Å². The SMILES string of the molecule is CCNC(=NCc1ccnc(OCC2CC2)c1)NC1CCc2nc(CC)nn2C1.I. The first-order valence-electron chi connectivity index (χ1n) is 10.8. The molecular weight excluding hydrogens is 493 g/mol. The Morgan fingerprint density at radius 2 is 2.17 bits per heavy atom. The van der Waals surface area contributed by atoms with Crippen LogP contribution in [0.3, 0.4) is 0 Å². The van der Waals surface area contributed by atoms with E-state index in [-0.39, 0.29) is 24.0 Å². The molecule has 8 nitrogen and oxygen atoms in total. The van der Waals surface area contributed by atoms with Crippen molar-refractivity contribution in [3.05, 3.63) is 35.5 Å². The number of guanidine groups is 1. The van der Waals surface area contributed by atoms with Gasteiger partial charge >= 0.3 is 0 Å². The number of nitrogens with zero attached hydrogens (tertiary/aromatic N) is 5. The van der Waals surface area contributed by atoms with Crippen LogP contribution in [-0.2, 0) is 25.9 Å². The van der Waals surface area contributed by atoms with Crippen LogP contribution in [-0.4, -0.2) is 44.9 Å². The van der Waals surface area contributed by atoms with E-state index in [1.54, 1.807) is 6.20 Å². The summed E-state index contributed by atoms with van der Waals surface area (Å²) in [6.45, 7) is 7.17. The average molecular weight is 525 g/mol. The first-order chi connectivity index (χ1) is 14.2. The standard InChI is InChI=1S/C21H31N7O.HI/c1-3-18-26-19-8-7-17(13-28(19)27-18)25-21(22-4-2)24-12-16-9-10-23-20(11-16)29-14-15-5-6-15;/h9-11,15,17H,3-8,12-14H2,1-2H3,(H2,22,24,25);1H. The second-order valence-corrected chi connectivity index (χ2v) is 7.81. The molecule has 1 aliphatic heterocycles. The molecule has 0 aromatic carbocycles. The third-order valence-electron chi connectivity index (χ3n) is 5.29. The van der Waals surface area contributed by atoms with Crippen LogP contribution in [0.25, 0.3) is 0 Å². The lowest BCUT2D eigenvalue weighted by Gasteiger charge is -2.25. The van der Waals surface area contributed by atoms with E-state index >= 15 is 0 Å². The predicted octanol–water partition coefficient (Wildman–Crippen LogP) is 2.71. The number of hydrogen-bond acceptors (Lipinski definition) is 5. The predicted molar refractivity (Wildman–Crippen MR) is 127 cm³/mol. The number of rotatable bonds is 8. The molecule has 0 radical (unpaired) electrons. The van der Waals surface area contributed by atoms with Gasteiger partial charge in [0.1, 0.15) is 5.82 Å². The van der Waals surface area contributed by atoms with Crippen molar-refractivity contribution in [2.45, 2.75) is 65.1 Å². The molecule has 1 aliphatic carbocycles. The Morgan fingerprint density at radius 1 is 1.30 bits per heavy atom. The molecule has 164 valence electrons. The highest BCUT2D eigenvalue weighted by Crippen LogP contribution is 2.29. The zero-order valence-electron chi connectivity index (χ0n) is 17.8. The average Bonchev–Trinajstić information content (AvgIpc) is 3.48. The summed E-state index contributed by atoms with van der Waals surface area (Å²) in [5, 5.41) is 11.5. The van der Waals surface area contributed by atoms with Gasteiger partial charge in [-0.05, 0) is 43.7 Å². The minimum absolute atomic E-state index is 0. The van der Waals surface area contributed by atoms with E-state index in [0.717, 1.165) is 68.0 Å². The zero-order chi connectivity index (χ0) is 20.1. The third kappa shape index (κ3) is 6.29. The lowest BCUT2D eigenvalue weighted by Crippen LogP contribution is -2.47. The summed E-state index contributed by atoms with van der Waals surface area (Å²) >= 11 is 0. The van der Waals surface area contributed by atoms with Crippen LogP contribution in [0.2, 0.25) is 0 Å². The van der Waals surface area contributed by atoms with E-state index in [2.05, 4.69) is 39.5 Å². The van der Waals surface area contributed by atoms with Crippen LogP contribution in [0.15, 0.2) is 23.3 Å². The summed E-state index contributed by atoms with van der Waals surface area (Å²) in [7, 11) is 0. The molecule has 0 bridgehead atoms.